The van der Waals surface area contributed by atoms with Gasteiger partial charge in [-0.15, -0.1) is 0 Å². The van der Waals surface area contributed by atoms with E-state index in [2.05, 4.69) is 36.2 Å². The van der Waals surface area contributed by atoms with Gasteiger partial charge in [0.2, 0.25) is 0 Å². The predicted octanol–water partition coefficient (Wildman–Crippen LogP) is 2.33. The zero-order chi connectivity index (χ0) is 12.3. The first-order valence-corrected chi connectivity index (χ1v) is 6.08. The van der Waals surface area contributed by atoms with Crippen molar-refractivity contribution in [3.05, 3.63) is 40.4 Å². The fourth-order valence-corrected chi connectivity index (χ4v) is 1.89. The Morgan fingerprint density at radius 1 is 1.29 bits per heavy atom. The maximum absolute atomic E-state index is 4.49. The quantitative estimate of drug-likeness (QED) is 0.943. The normalized spacial score (nSPS) is 10.5. The molecule has 4 nitrogen and oxygen atoms in total. The van der Waals surface area contributed by atoms with Crippen molar-refractivity contribution in [1.29, 1.82) is 0 Å². The molecule has 0 atom stereocenters. The van der Waals surface area contributed by atoms with Gasteiger partial charge >= 0.3 is 0 Å². The van der Waals surface area contributed by atoms with Crippen LogP contribution in [0.15, 0.2) is 29.1 Å². The lowest BCUT2D eigenvalue weighted by Crippen LogP contribution is -2.08. The Morgan fingerprint density at radius 2 is 2.12 bits per heavy atom. The number of aromatic nitrogens is 3. The number of hydrogen-bond acceptors (Lipinski definition) is 4. The van der Waals surface area contributed by atoms with E-state index in [1.807, 2.05) is 26.2 Å². The van der Waals surface area contributed by atoms with Gasteiger partial charge in [-0.05, 0) is 36.0 Å². The fourth-order valence-electron chi connectivity index (χ4n) is 1.53. The minimum atomic E-state index is 0.705. The number of nitrogens with one attached hydrogen (secondary N) is 1. The van der Waals surface area contributed by atoms with Gasteiger partial charge in [0.15, 0.2) is 5.82 Å². The number of aryl methyl sites for hydroxylation is 1. The van der Waals surface area contributed by atoms with Gasteiger partial charge < -0.3 is 5.32 Å². The largest absolute Gasteiger partial charge is 0.316 e. The van der Waals surface area contributed by atoms with E-state index < -0.39 is 0 Å². The number of hydrogen-bond donors (Lipinski definition) is 1. The Bertz CT molecular complexity index is 528. The van der Waals surface area contributed by atoms with E-state index in [0.29, 0.717) is 5.82 Å². The Balaban J connectivity index is 2.37. The zero-order valence-corrected chi connectivity index (χ0v) is 11.3. The third-order valence-corrected chi connectivity index (χ3v) is 2.84. The van der Waals surface area contributed by atoms with E-state index in [4.69, 9.17) is 0 Å². The summed E-state index contributed by atoms with van der Waals surface area (Å²) in [5, 5.41) is 3.09. The predicted molar refractivity (Wildman–Crippen MR) is 70.5 cm³/mol. The second-order valence-electron chi connectivity index (χ2n) is 3.73. The second kappa shape index (κ2) is 5.33. The van der Waals surface area contributed by atoms with Crippen molar-refractivity contribution in [2.24, 2.45) is 0 Å². The molecule has 0 saturated carbocycles. The molecule has 88 valence electrons. The van der Waals surface area contributed by atoms with Crippen LogP contribution in [0.25, 0.3) is 11.4 Å². The summed E-state index contributed by atoms with van der Waals surface area (Å²) in [5.74, 6) is 0.705. The summed E-state index contributed by atoms with van der Waals surface area (Å²) in [6.45, 7) is 2.77. The summed E-state index contributed by atoms with van der Waals surface area (Å²) in [7, 11) is 1.91. The van der Waals surface area contributed by atoms with Crippen LogP contribution in [-0.4, -0.2) is 22.0 Å². The lowest BCUT2D eigenvalue weighted by atomic mass is 10.2. The maximum Gasteiger partial charge on any atom is 0.160 e. The van der Waals surface area contributed by atoms with Crippen LogP contribution in [0.4, 0.5) is 0 Å². The average molecular weight is 293 g/mol. The minimum absolute atomic E-state index is 0.705. The van der Waals surface area contributed by atoms with E-state index in [0.717, 1.165) is 27.8 Å². The third kappa shape index (κ3) is 2.87. The van der Waals surface area contributed by atoms with Crippen LogP contribution in [0.3, 0.4) is 0 Å². The van der Waals surface area contributed by atoms with Gasteiger partial charge in [0.25, 0.3) is 0 Å². The van der Waals surface area contributed by atoms with Crippen LogP contribution < -0.4 is 5.32 Å². The molecule has 0 amide bonds. The van der Waals surface area contributed by atoms with Crippen molar-refractivity contribution >= 4 is 15.9 Å². The molecule has 0 saturated heterocycles. The summed E-state index contributed by atoms with van der Waals surface area (Å²) >= 11 is 3.39. The molecule has 0 fully saturated rings. The lowest BCUT2D eigenvalue weighted by Gasteiger charge is -2.06. The summed E-state index contributed by atoms with van der Waals surface area (Å²) in [6, 6.07) is 1.96. The molecule has 0 aliphatic rings. The van der Waals surface area contributed by atoms with Gasteiger partial charge in [-0.1, -0.05) is 0 Å². The van der Waals surface area contributed by atoms with Crippen LogP contribution in [0.5, 0.6) is 0 Å². The van der Waals surface area contributed by atoms with E-state index in [1.165, 1.54) is 0 Å². The Labute approximate surface area is 109 Å². The zero-order valence-electron chi connectivity index (χ0n) is 9.74. The van der Waals surface area contributed by atoms with Gasteiger partial charge in [0.05, 0.1) is 0 Å². The molecule has 0 aliphatic carbocycles. The van der Waals surface area contributed by atoms with Gasteiger partial charge in [-0.3, -0.25) is 4.98 Å². The molecule has 0 bridgehead atoms. The molecule has 2 rings (SSSR count). The molecule has 0 spiro atoms. The van der Waals surface area contributed by atoms with Gasteiger partial charge in [-0.2, -0.15) is 0 Å². The van der Waals surface area contributed by atoms with E-state index in [1.54, 1.807) is 12.4 Å². The van der Waals surface area contributed by atoms with Crippen molar-refractivity contribution in [2.45, 2.75) is 13.5 Å². The topological polar surface area (TPSA) is 50.7 Å². The molecule has 0 aliphatic heterocycles. The van der Waals surface area contributed by atoms with Gasteiger partial charge in [0, 0.05) is 46.4 Å². The summed E-state index contributed by atoms with van der Waals surface area (Å²) < 4.78 is 0.926. The monoisotopic (exact) mass is 292 g/mol. The molecule has 17 heavy (non-hydrogen) atoms. The lowest BCUT2D eigenvalue weighted by molar-refractivity contribution is 0.797. The van der Waals surface area contributed by atoms with Crippen LogP contribution in [0.1, 0.15) is 11.3 Å². The van der Waals surface area contributed by atoms with Crippen LogP contribution in [0.2, 0.25) is 0 Å². The Kier molecular flexibility index (Phi) is 3.81. The minimum Gasteiger partial charge on any atom is -0.316 e. The summed E-state index contributed by atoms with van der Waals surface area (Å²) in [4.78, 5) is 13.0. The highest BCUT2D eigenvalue weighted by Crippen LogP contribution is 2.19. The Morgan fingerprint density at radius 3 is 2.76 bits per heavy atom. The number of halogens is 1. The van der Waals surface area contributed by atoms with Crippen LogP contribution >= 0.6 is 15.9 Å². The van der Waals surface area contributed by atoms with Gasteiger partial charge in [0.1, 0.15) is 0 Å². The van der Waals surface area contributed by atoms with E-state index >= 15 is 0 Å². The number of pyridine rings is 1. The highest BCUT2D eigenvalue weighted by Gasteiger charge is 2.05. The highest BCUT2D eigenvalue weighted by molar-refractivity contribution is 9.10. The molecule has 0 unspecified atom stereocenters. The van der Waals surface area contributed by atoms with E-state index in [-0.39, 0.29) is 0 Å². The first kappa shape index (κ1) is 12.1. The maximum atomic E-state index is 4.49. The van der Waals surface area contributed by atoms with Crippen LogP contribution in [0, 0.1) is 6.92 Å². The fraction of sp³-hybridized carbons (Fsp3) is 0.250. The third-order valence-electron chi connectivity index (χ3n) is 2.41. The molecule has 2 aromatic heterocycles. The van der Waals surface area contributed by atoms with Crippen molar-refractivity contribution in [3.63, 3.8) is 0 Å². The summed E-state index contributed by atoms with van der Waals surface area (Å²) in [6.07, 6.45) is 5.36. The first-order chi connectivity index (χ1) is 8.20. The van der Waals surface area contributed by atoms with Crippen LogP contribution in [-0.2, 0) is 6.54 Å². The number of rotatable bonds is 3. The molecule has 1 N–H and O–H groups in total. The van der Waals surface area contributed by atoms with Gasteiger partial charge in [-0.25, -0.2) is 9.97 Å². The first-order valence-electron chi connectivity index (χ1n) is 5.28. The van der Waals surface area contributed by atoms with Crippen molar-refractivity contribution in [1.82, 2.24) is 20.3 Å². The molecule has 2 heterocycles. The molecule has 2 aromatic rings. The Hall–Kier alpha value is -1.33. The van der Waals surface area contributed by atoms with Crippen molar-refractivity contribution < 1.29 is 0 Å². The van der Waals surface area contributed by atoms with Crippen molar-refractivity contribution in [2.75, 3.05) is 7.05 Å². The van der Waals surface area contributed by atoms with E-state index in [9.17, 15) is 0 Å². The molecule has 5 heteroatoms. The highest BCUT2D eigenvalue weighted by atomic mass is 79.9. The number of nitrogens with zero attached hydrogens (tertiary/aromatic N) is 3. The molecule has 0 aromatic carbocycles. The SMILES string of the molecule is CNCc1cnc(-c2cncc(Br)c2)nc1C. The summed E-state index contributed by atoms with van der Waals surface area (Å²) in [5.41, 5.74) is 3.02. The standard InChI is InChI=1S/C12H13BrN4/c1-8-10(4-14-2)6-16-12(17-8)9-3-11(13)7-15-5-9/h3,5-7,14H,4H2,1-2H3. The molecule has 0 radical (unpaired) electrons. The second-order valence-corrected chi connectivity index (χ2v) is 4.64. The molecular formula is C12H13BrN4. The molecular weight excluding hydrogens is 280 g/mol. The average Bonchev–Trinajstić information content (AvgIpc) is 2.32. The van der Waals surface area contributed by atoms with Crippen molar-refractivity contribution in [3.8, 4) is 11.4 Å². The smallest absolute Gasteiger partial charge is 0.160 e.